The van der Waals surface area contributed by atoms with Gasteiger partial charge < -0.3 is 9.80 Å². The van der Waals surface area contributed by atoms with Crippen molar-refractivity contribution >= 4 is 89.2 Å². The van der Waals surface area contributed by atoms with Gasteiger partial charge in [-0.25, -0.2) is 0 Å². The summed E-state index contributed by atoms with van der Waals surface area (Å²) in [5, 5.41) is 6.89. The lowest BCUT2D eigenvalue weighted by Gasteiger charge is -2.36. The highest BCUT2D eigenvalue weighted by Crippen LogP contribution is 2.56. The lowest BCUT2D eigenvalue weighted by atomic mass is 9.95. The minimum atomic E-state index is 0.952. The van der Waals surface area contributed by atoms with Gasteiger partial charge >= 0.3 is 0 Å². The predicted molar refractivity (Wildman–Crippen MR) is 206 cm³/mol. The maximum Gasteiger partial charge on any atom is 0.0722 e. The van der Waals surface area contributed by atoms with Crippen molar-refractivity contribution < 1.29 is 0 Å². The van der Waals surface area contributed by atoms with Gasteiger partial charge in [-0.1, -0.05) is 109 Å². The first-order valence-electron chi connectivity index (χ1n) is 16.4. The summed E-state index contributed by atoms with van der Waals surface area (Å²) in [6, 6.07) is 56.5. The maximum absolute atomic E-state index is 4.76. The van der Waals surface area contributed by atoms with E-state index in [4.69, 9.17) is 9.97 Å². The summed E-state index contributed by atoms with van der Waals surface area (Å²) in [6.07, 6.45) is 3.73. The van der Waals surface area contributed by atoms with Crippen molar-refractivity contribution in [2.75, 3.05) is 9.80 Å². The fraction of sp³-hybridized carbons (Fsp3) is 0. The molecule has 10 rings (SSSR count). The Hall–Kier alpha value is -6.17. The number of pyridine rings is 2. The molecule has 0 N–H and O–H groups in total. The van der Waals surface area contributed by atoms with Crippen molar-refractivity contribution in [2.45, 2.75) is 9.79 Å². The van der Waals surface area contributed by atoms with Crippen LogP contribution in [0.5, 0.6) is 0 Å². The maximum atomic E-state index is 4.76. The Balaban J connectivity index is 1.32. The number of benzene rings is 7. The fourth-order valence-corrected chi connectivity index (χ4v) is 8.36. The first-order valence-corrected chi connectivity index (χ1v) is 17.2. The Morgan fingerprint density at radius 1 is 0.449 bits per heavy atom. The molecule has 9 aromatic rings. The SMILES string of the molecule is c1ccc2c(c1)Sc1ccccc1N2c1c2ccccc2c(N(c2ccc3cccnc3c2)c2ccc3cccnc3c2)c2ccccc12. The van der Waals surface area contributed by atoms with Crippen LogP contribution in [0.3, 0.4) is 0 Å². The molecule has 0 unspecified atom stereocenters. The Kier molecular flexibility index (Phi) is 6.39. The molecule has 2 aromatic heterocycles. The lowest BCUT2D eigenvalue weighted by Crippen LogP contribution is -2.17. The molecular formula is C44H28N4S. The molecule has 0 bridgehead atoms. The number of fused-ring (bicyclic) bond motifs is 6. The van der Waals surface area contributed by atoms with Crippen LogP contribution in [0.1, 0.15) is 0 Å². The van der Waals surface area contributed by atoms with Crippen LogP contribution in [0, 0.1) is 0 Å². The Bertz CT molecular complexity index is 2560. The molecule has 7 aromatic carbocycles. The molecule has 3 heterocycles. The molecule has 0 atom stereocenters. The van der Waals surface area contributed by atoms with E-state index in [2.05, 4.69) is 155 Å². The number of nitrogens with zero attached hydrogens (tertiary/aromatic N) is 4. The molecule has 230 valence electrons. The molecule has 49 heavy (non-hydrogen) atoms. The van der Waals surface area contributed by atoms with Crippen molar-refractivity contribution in [1.82, 2.24) is 9.97 Å². The number of hydrogen-bond acceptors (Lipinski definition) is 5. The lowest BCUT2D eigenvalue weighted by molar-refractivity contribution is 1.18. The van der Waals surface area contributed by atoms with Gasteiger partial charge in [0.1, 0.15) is 0 Å². The van der Waals surface area contributed by atoms with E-state index in [1.807, 2.05) is 36.3 Å². The molecule has 0 amide bonds. The quantitative estimate of drug-likeness (QED) is 0.178. The zero-order chi connectivity index (χ0) is 32.3. The zero-order valence-electron chi connectivity index (χ0n) is 26.4. The number of aromatic nitrogens is 2. The van der Waals surface area contributed by atoms with Crippen LogP contribution in [-0.4, -0.2) is 9.97 Å². The third-order valence-corrected chi connectivity index (χ3v) is 10.6. The van der Waals surface area contributed by atoms with E-state index in [0.29, 0.717) is 0 Å². The highest BCUT2D eigenvalue weighted by atomic mass is 32.2. The molecule has 0 spiro atoms. The Morgan fingerprint density at radius 3 is 1.45 bits per heavy atom. The zero-order valence-corrected chi connectivity index (χ0v) is 27.2. The summed E-state index contributed by atoms with van der Waals surface area (Å²) in [6.45, 7) is 0. The largest absolute Gasteiger partial charge is 0.309 e. The number of rotatable bonds is 4. The van der Waals surface area contributed by atoms with Crippen molar-refractivity contribution in [1.29, 1.82) is 0 Å². The predicted octanol–water partition coefficient (Wildman–Crippen LogP) is 12.5. The van der Waals surface area contributed by atoms with Crippen LogP contribution >= 0.6 is 11.8 Å². The third kappa shape index (κ3) is 4.47. The topological polar surface area (TPSA) is 32.3 Å². The van der Waals surface area contributed by atoms with Gasteiger partial charge in [0.2, 0.25) is 0 Å². The third-order valence-electron chi connectivity index (χ3n) is 9.45. The molecule has 5 heteroatoms. The van der Waals surface area contributed by atoms with E-state index < -0.39 is 0 Å². The summed E-state index contributed by atoms with van der Waals surface area (Å²) < 4.78 is 0. The van der Waals surface area contributed by atoms with E-state index in [1.165, 1.54) is 37.6 Å². The molecule has 0 saturated carbocycles. The molecule has 0 aliphatic carbocycles. The van der Waals surface area contributed by atoms with Crippen LogP contribution in [0.2, 0.25) is 0 Å². The standard InChI is InChI=1S/C44H28N4S/c1-3-15-35-33(13-1)43(47(31-23-21-29-11-9-25-45-37(29)27-31)32-24-22-30-12-10-26-46-38(30)28-32)34-14-2-4-16-36(34)44(35)48-39-17-5-7-19-41(39)49-42-20-8-6-18-40(42)48/h1-28H. The first kappa shape index (κ1) is 27.9. The second kappa shape index (κ2) is 11.2. The second-order valence-corrected chi connectivity index (χ2v) is 13.3. The van der Waals surface area contributed by atoms with Crippen LogP contribution in [0.25, 0.3) is 43.4 Å². The van der Waals surface area contributed by atoms with Gasteiger partial charge in [-0.3, -0.25) is 9.97 Å². The fourth-order valence-electron chi connectivity index (χ4n) is 7.30. The average Bonchev–Trinajstić information content (AvgIpc) is 3.17. The van der Waals surface area contributed by atoms with Crippen LogP contribution < -0.4 is 9.80 Å². The number of anilines is 6. The van der Waals surface area contributed by atoms with E-state index in [-0.39, 0.29) is 0 Å². The van der Waals surface area contributed by atoms with Gasteiger partial charge in [0.05, 0.1) is 33.8 Å². The van der Waals surface area contributed by atoms with Gasteiger partial charge in [0.25, 0.3) is 0 Å². The van der Waals surface area contributed by atoms with Crippen LogP contribution in [-0.2, 0) is 0 Å². The van der Waals surface area contributed by atoms with Gasteiger partial charge in [0.15, 0.2) is 0 Å². The van der Waals surface area contributed by atoms with Gasteiger partial charge in [-0.05, 0) is 60.7 Å². The summed E-state index contributed by atoms with van der Waals surface area (Å²) in [4.78, 5) is 16.9. The summed E-state index contributed by atoms with van der Waals surface area (Å²) >= 11 is 1.83. The van der Waals surface area contributed by atoms with E-state index in [9.17, 15) is 0 Å². The van der Waals surface area contributed by atoms with Gasteiger partial charge in [0, 0.05) is 65.9 Å². The van der Waals surface area contributed by atoms with E-state index >= 15 is 0 Å². The van der Waals surface area contributed by atoms with Crippen LogP contribution in [0.15, 0.2) is 180 Å². The normalized spacial score (nSPS) is 12.4. The van der Waals surface area contributed by atoms with Crippen molar-refractivity contribution in [3.05, 3.63) is 170 Å². The van der Waals surface area contributed by atoms with Gasteiger partial charge in [-0.15, -0.1) is 0 Å². The Morgan fingerprint density at radius 2 is 0.918 bits per heavy atom. The monoisotopic (exact) mass is 644 g/mol. The number of hydrogen-bond donors (Lipinski definition) is 0. The molecule has 1 aliphatic rings. The smallest absolute Gasteiger partial charge is 0.0722 e. The molecular weight excluding hydrogens is 617 g/mol. The second-order valence-electron chi connectivity index (χ2n) is 12.3. The van der Waals surface area contributed by atoms with Crippen LogP contribution in [0.4, 0.5) is 34.1 Å². The minimum Gasteiger partial charge on any atom is -0.309 e. The highest BCUT2D eigenvalue weighted by Gasteiger charge is 2.29. The molecule has 0 saturated heterocycles. The average molecular weight is 645 g/mol. The first-order chi connectivity index (χ1) is 24.3. The summed E-state index contributed by atoms with van der Waals surface area (Å²) in [5.41, 5.74) is 8.65. The Labute approximate surface area is 287 Å². The van der Waals surface area contributed by atoms with E-state index in [0.717, 1.165) is 49.6 Å². The molecule has 4 nitrogen and oxygen atoms in total. The molecule has 0 fully saturated rings. The molecule has 0 radical (unpaired) electrons. The highest BCUT2D eigenvalue weighted by molar-refractivity contribution is 7.99. The summed E-state index contributed by atoms with van der Waals surface area (Å²) in [7, 11) is 0. The van der Waals surface area contributed by atoms with Crippen molar-refractivity contribution in [3.63, 3.8) is 0 Å². The number of para-hydroxylation sites is 2. The van der Waals surface area contributed by atoms with E-state index in [1.54, 1.807) is 0 Å². The van der Waals surface area contributed by atoms with Crippen molar-refractivity contribution in [3.8, 4) is 0 Å². The van der Waals surface area contributed by atoms with Crippen molar-refractivity contribution in [2.24, 2.45) is 0 Å². The summed E-state index contributed by atoms with van der Waals surface area (Å²) in [5.74, 6) is 0. The molecule has 1 aliphatic heterocycles. The van der Waals surface area contributed by atoms with Gasteiger partial charge in [-0.2, -0.15) is 0 Å². The minimum absolute atomic E-state index is 0.952.